The highest BCUT2D eigenvalue weighted by Crippen LogP contribution is 2.40. The van der Waals surface area contributed by atoms with Crippen LogP contribution < -0.4 is 19.3 Å². The maximum atomic E-state index is 15.1. The Bertz CT molecular complexity index is 1700. The van der Waals surface area contributed by atoms with E-state index in [1.54, 1.807) is 23.1 Å². The highest BCUT2D eigenvalue weighted by molar-refractivity contribution is 7.90. The molecule has 2 aliphatic heterocycles. The number of halogens is 4. The molecule has 0 aliphatic carbocycles. The first-order chi connectivity index (χ1) is 21.0. The van der Waals surface area contributed by atoms with Crippen molar-refractivity contribution in [1.82, 2.24) is 4.72 Å². The topological polar surface area (TPSA) is 88.9 Å². The molecule has 0 spiro atoms. The molecule has 4 atom stereocenters. The van der Waals surface area contributed by atoms with Crippen LogP contribution in [0.4, 0.5) is 34.6 Å². The van der Waals surface area contributed by atoms with E-state index in [0.29, 0.717) is 0 Å². The Morgan fingerprint density at radius 2 is 1.36 bits per heavy atom. The summed E-state index contributed by atoms with van der Waals surface area (Å²) in [6.45, 7) is 0.229. The van der Waals surface area contributed by atoms with Gasteiger partial charge in [0.1, 0.15) is 21.5 Å². The van der Waals surface area contributed by atoms with Crippen molar-refractivity contribution in [2.45, 2.75) is 42.3 Å². The van der Waals surface area contributed by atoms with Crippen molar-refractivity contribution < 1.29 is 31.6 Å². The maximum Gasteiger partial charge on any atom is 0.573 e. The van der Waals surface area contributed by atoms with Gasteiger partial charge >= 0.3 is 6.36 Å². The standard InChI is InChI=1S/C32H30F4N4O3S/c33-25-9-3-6-12-29(25)39-19-26(38-44(37,42)24-17-15-23(16-18-24)43-32(34,35)36)31(41)30(20-39)40-27-10-4-1-7-21(27)13-14-22-8-2-5-11-28(22)40/h1-12,15-18,26,30-31,41H,13-14,19-20H2,(H2,37,38,42). The van der Waals surface area contributed by atoms with Gasteiger partial charge in [-0.1, -0.05) is 48.5 Å². The van der Waals surface area contributed by atoms with Crippen molar-refractivity contribution >= 4 is 27.0 Å². The average molecular weight is 627 g/mol. The zero-order chi connectivity index (χ0) is 31.1. The predicted octanol–water partition coefficient (Wildman–Crippen LogP) is 6.19. The number of nitrogens with zero attached hydrogens (tertiary/aromatic N) is 2. The molecule has 7 nitrogen and oxygen atoms in total. The number of aliphatic hydroxyl groups excluding tert-OH is 1. The first-order valence-electron chi connectivity index (χ1n) is 14.0. The van der Waals surface area contributed by atoms with Gasteiger partial charge in [0.05, 0.1) is 28.8 Å². The molecule has 2 aliphatic rings. The number of fused-ring (bicyclic) bond motifs is 2. The van der Waals surface area contributed by atoms with Gasteiger partial charge in [-0.25, -0.2) is 18.1 Å². The summed E-state index contributed by atoms with van der Waals surface area (Å²) >= 11 is 0. The summed E-state index contributed by atoms with van der Waals surface area (Å²) in [5.74, 6) is -0.983. The van der Waals surface area contributed by atoms with Crippen molar-refractivity contribution in [2.24, 2.45) is 0 Å². The van der Waals surface area contributed by atoms with Gasteiger partial charge in [0.2, 0.25) is 0 Å². The van der Waals surface area contributed by atoms with Crippen molar-refractivity contribution in [3.05, 3.63) is 114 Å². The lowest BCUT2D eigenvalue weighted by Crippen LogP contribution is -2.65. The van der Waals surface area contributed by atoms with Crippen LogP contribution in [0.15, 0.2) is 102 Å². The Labute approximate surface area is 252 Å². The number of rotatable bonds is 6. The Hall–Kier alpha value is -4.13. The molecule has 3 N–H and O–H groups in total. The van der Waals surface area contributed by atoms with Gasteiger partial charge in [-0.3, -0.25) is 0 Å². The molecule has 6 rings (SSSR count). The van der Waals surface area contributed by atoms with Crippen LogP contribution in [0.25, 0.3) is 0 Å². The zero-order valence-electron chi connectivity index (χ0n) is 23.4. The van der Waals surface area contributed by atoms with E-state index < -0.39 is 46.0 Å². The second-order valence-corrected chi connectivity index (χ2v) is 12.7. The van der Waals surface area contributed by atoms with Crippen molar-refractivity contribution in [1.29, 1.82) is 4.78 Å². The van der Waals surface area contributed by atoms with Crippen molar-refractivity contribution in [3.63, 3.8) is 0 Å². The molecule has 0 bridgehead atoms. The van der Waals surface area contributed by atoms with E-state index in [1.807, 2.05) is 48.5 Å². The van der Waals surface area contributed by atoms with E-state index >= 15 is 4.39 Å². The fraction of sp³-hybridized carbons (Fsp3) is 0.250. The van der Waals surface area contributed by atoms with Gasteiger partial charge < -0.3 is 19.6 Å². The number of hydrogen-bond donors (Lipinski definition) is 3. The summed E-state index contributed by atoms with van der Waals surface area (Å²) in [5, 5.41) is 12.0. The van der Waals surface area contributed by atoms with Crippen LogP contribution in [0.5, 0.6) is 5.75 Å². The second-order valence-electron chi connectivity index (χ2n) is 10.8. The third-order valence-electron chi connectivity index (χ3n) is 8.03. The first kappa shape index (κ1) is 29.9. The van der Waals surface area contributed by atoms with E-state index in [4.69, 9.17) is 4.78 Å². The Morgan fingerprint density at radius 3 is 1.93 bits per heavy atom. The minimum atomic E-state index is -4.90. The maximum absolute atomic E-state index is 15.1. The van der Waals surface area contributed by atoms with E-state index in [0.717, 1.165) is 59.6 Å². The zero-order valence-corrected chi connectivity index (χ0v) is 24.2. The molecule has 1 fully saturated rings. The van der Waals surface area contributed by atoms with Crippen molar-refractivity contribution in [2.75, 3.05) is 22.9 Å². The fourth-order valence-electron chi connectivity index (χ4n) is 6.05. The molecule has 2 heterocycles. The molecule has 0 aromatic heterocycles. The van der Waals surface area contributed by atoms with Crippen LogP contribution in [0.2, 0.25) is 0 Å². The molecule has 0 amide bonds. The summed E-state index contributed by atoms with van der Waals surface area (Å²) in [5.41, 5.74) is 4.23. The highest BCUT2D eigenvalue weighted by Gasteiger charge is 2.43. The number of para-hydroxylation sites is 3. The summed E-state index contributed by atoms with van der Waals surface area (Å²) in [6, 6.07) is 24.6. The number of nitrogens with one attached hydrogen (secondary N) is 2. The van der Waals surface area contributed by atoms with Gasteiger partial charge in [-0.15, -0.1) is 13.2 Å². The van der Waals surface area contributed by atoms with Crippen LogP contribution in [0.1, 0.15) is 11.1 Å². The van der Waals surface area contributed by atoms with Gasteiger partial charge in [0.15, 0.2) is 0 Å². The molecular weight excluding hydrogens is 596 g/mol. The third kappa shape index (κ3) is 6.10. The molecule has 0 radical (unpaired) electrons. The number of alkyl halides is 3. The predicted molar refractivity (Wildman–Crippen MR) is 160 cm³/mol. The number of hydrogen-bond acceptors (Lipinski definition) is 6. The Balaban J connectivity index is 1.39. The molecule has 4 unspecified atom stereocenters. The van der Waals surface area contributed by atoms with Crippen molar-refractivity contribution in [3.8, 4) is 5.75 Å². The van der Waals surface area contributed by atoms with Gasteiger partial charge in [-0.05, 0) is 72.5 Å². The summed E-state index contributed by atoms with van der Waals surface area (Å²) in [6.07, 6.45) is -4.53. The van der Waals surface area contributed by atoms with E-state index in [-0.39, 0.29) is 23.7 Å². The lowest BCUT2D eigenvalue weighted by atomic mass is 9.94. The molecule has 4 aromatic rings. The summed E-state index contributed by atoms with van der Waals surface area (Å²) in [4.78, 5) is 3.72. The monoisotopic (exact) mass is 626 g/mol. The highest BCUT2D eigenvalue weighted by atomic mass is 32.2. The number of aryl methyl sites for hydroxylation is 2. The average Bonchev–Trinajstić information content (AvgIpc) is 3.15. The minimum absolute atomic E-state index is 0.0148. The minimum Gasteiger partial charge on any atom is -0.406 e. The molecule has 44 heavy (non-hydrogen) atoms. The molecule has 12 heteroatoms. The molecule has 0 saturated carbocycles. The number of aliphatic hydroxyl groups is 1. The summed E-state index contributed by atoms with van der Waals surface area (Å²) < 4.78 is 82.1. The third-order valence-corrected chi connectivity index (χ3v) is 9.60. The van der Waals surface area contributed by atoms with Crippen LogP contribution in [0, 0.1) is 10.6 Å². The van der Waals surface area contributed by atoms with Crippen LogP contribution in [-0.2, 0) is 22.8 Å². The van der Waals surface area contributed by atoms with Gasteiger partial charge in [0.25, 0.3) is 0 Å². The SMILES string of the molecule is N=S(=O)(NC1CN(c2ccccc2F)CC(N2c3ccccc3CCc3ccccc32)C1O)c1ccc(OC(F)(F)F)cc1. The van der Waals surface area contributed by atoms with Gasteiger partial charge in [0, 0.05) is 24.5 Å². The second kappa shape index (κ2) is 11.8. The fourth-order valence-corrected chi connectivity index (χ4v) is 7.35. The lowest BCUT2D eigenvalue weighted by Gasteiger charge is -2.48. The normalized spacial score (nSPS) is 21.5. The van der Waals surface area contributed by atoms with Crippen LogP contribution in [-0.4, -0.2) is 47.0 Å². The quantitative estimate of drug-likeness (QED) is 0.222. The van der Waals surface area contributed by atoms with E-state index in [9.17, 15) is 22.5 Å². The van der Waals surface area contributed by atoms with Crippen LogP contribution >= 0.6 is 0 Å². The largest absolute Gasteiger partial charge is 0.573 e. The Morgan fingerprint density at radius 1 is 0.818 bits per heavy atom. The molecule has 4 aromatic carbocycles. The number of piperidine rings is 1. The number of anilines is 3. The van der Waals surface area contributed by atoms with E-state index in [2.05, 4.69) is 14.4 Å². The number of ether oxygens (including phenoxy) is 1. The number of benzene rings is 4. The molecular formula is C32H30F4N4O3S. The lowest BCUT2D eigenvalue weighted by molar-refractivity contribution is -0.274. The van der Waals surface area contributed by atoms with Crippen LogP contribution in [0.3, 0.4) is 0 Å². The molecule has 1 saturated heterocycles. The molecule has 230 valence electrons. The summed E-state index contributed by atoms with van der Waals surface area (Å²) in [7, 11) is -3.84. The Kier molecular flexibility index (Phi) is 7.99. The first-order valence-corrected chi connectivity index (χ1v) is 15.6. The van der Waals surface area contributed by atoms with Gasteiger partial charge in [-0.2, -0.15) is 0 Å². The smallest absolute Gasteiger partial charge is 0.406 e. The van der Waals surface area contributed by atoms with E-state index in [1.165, 1.54) is 6.07 Å².